The van der Waals surface area contributed by atoms with Crippen LogP contribution in [0.4, 0.5) is 0 Å². The molecule has 0 radical (unpaired) electrons. The van der Waals surface area contributed by atoms with E-state index < -0.39 is 18.0 Å². The Morgan fingerprint density at radius 1 is 1.21 bits per heavy atom. The molecule has 1 heterocycles. The number of rotatable bonds is 4. The van der Waals surface area contributed by atoms with Crippen LogP contribution in [0.3, 0.4) is 0 Å². The van der Waals surface area contributed by atoms with Crippen molar-refractivity contribution in [1.29, 1.82) is 0 Å². The molecule has 0 bridgehead atoms. The first-order valence-electron chi connectivity index (χ1n) is 6.97. The molecule has 1 aliphatic carbocycles. The molecule has 1 aliphatic heterocycles. The van der Waals surface area contributed by atoms with Gasteiger partial charge >= 0.3 is 0 Å². The Morgan fingerprint density at radius 3 is 2.42 bits per heavy atom. The highest BCUT2D eigenvalue weighted by atomic mass is 16.2. The Morgan fingerprint density at radius 2 is 1.89 bits per heavy atom. The Bertz CT molecular complexity index is 377. The van der Waals surface area contributed by atoms with Gasteiger partial charge in [0.15, 0.2) is 0 Å². The van der Waals surface area contributed by atoms with Crippen molar-refractivity contribution in [1.82, 2.24) is 10.6 Å². The van der Waals surface area contributed by atoms with Gasteiger partial charge in [0.25, 0.3) is 0 Å². The lowest BCUT2D eigenvalue weighted by Gasteiger charge is -2.29. The lowest BCUT2D eigenvalue weighted by Crippen LogP contribution is -2.54. The monoisotopic (exact) mass is 267 g/mol. The summed E-state index contributed by atoms with van der Waals surface area (Å²) in [5.74, 6) is -0.759. The van der Waals surface area contributed by atoms with E-state index in [0.717, 1.165) is 25.7 Å². The Balaban J connectivity index is 1.94. The molecule has 0 unspecified atom stereocenters. The average Bonchev–Trinajstić information content (AvgIpc) is 2.83. The number of primary amides is 1. The summed E-state index contributed by atoms with van der Waals surface area (Å²) in [5, 5.41) is 5.32. The summed E-state index contributed by atoms with van der Waals surface area (Å²) >= 11 is 0. The molecule has 2 aliphatic rings. The number of hydrogen-bond donors (Lipinski definition) is 3. The summed E-state index contributed by atoms with van der Waals surface area (Å²) < 4.78 is 0. The highest BCUT2D eigenvalue weighted by Gasteiger charge is 2.33. The molecule has 19 heavy (non-hydrogen) atoms. The summed E-state index contributed by atoms with van der Waals surface area (Å²) in [6, 6.07) is -1.12. The van der Waals surface area contributed by atoms with Gasteiger partial charge in [0.2, 0.25) is 17.7 Å². The normalized spacial score (nSPS) is 25.7. The molecule has 0 spiro atoms. The molecule has 6 nitrogen and oxygen atoms in total. The third-order valence-electron chi connectivity index (χ3n) is 4.04. The van der Waals surface area contributed by atoms with E-state index in [1.165, 1.54) is 6.42 Å². The van der Waals surface area contributed by atoms with Gasteiger partial charge in [0.05, 0.1) is 0 Å². The van der Waals surface area contributed by atoms with Gasteiger partial charge in [-0.05, 0) is 25.2 Å². The maximum Gasteiger partial charge on any atom is 0.243 e. The van der Waals surface area contributed by atoms with Gasteiger partial charge in [-0.2, -0.15) is 0 Å². The van der Waals surface area contributed by atoms with Crippen molar-refractivity contribution >= 4 is 17.7 Å². The van der Waals surface area contributed by atoms with Crippen LogP contribution in [0.15, 0.2) is 0 Å². The van der Waals surface area contributed by atoms with Gasteiger partial charge < -0.3 is 16.4 Å². The minimum atomic E-state index is -0.606. The fourth-order valence-electron chi connectivity index (χ4n) is 2.95. The Labute approximate surface area is 112 Å². The molecule has 106 valence electrons. The van der Waals surface area contributed by atoms with Crippen molar-refractivity contribution in [2.24, 2.45) is 11.7 Å². The number of nitrogens with one attached hydrogen (secondary N) is 2. The Hall–Kier alpha value is -1.59. The minimum absolute atomic E-state index is 0.117. The Kier molecular flexibility index (Phi) is 4.39. The van der Waals surface area contributed by atoms with Gasteiger partial charge in [0.1, 0.15) is 12.1 Å². The molecule has 1 saturated heterocycles. The van der Waals surface area contributed by atoms with Crippen LogP contribution >= 0.6 is 0 Å². The second-order valence-corrected chi connectivity index (χ2v) is 5.45. The first kappa shape index (κ1) is 13.8. The van der Waals surface area contributed by atoms with Crippen molar-refractivity contribution < 1.29 is 14.4 Å². The topological polar surface area (TPSA) is 101 Å². The minimum Gasteiger partial charge on any atom is -0.368 e. The molecule has 1 saturated carbocycles. The lowest BCUT2D eigenvalue weighted by molar-refractivity contribution is -0.130. The second kappa shape index (κ2) is 6.04. The van der Waals surface area contributed by atoms with Gasteiger partial charge in [-0.15, -0.1) is 0 Å². The number of nitrogens with two attached hydrogens (primary N) is 1. The molecule has 4 N–H and O–H groups in total. The predicted molar refractivity (Wildman–Crippen MR) is 68.9 cm³/mol. The number of carbonyl (C=O) groups is 3. The molecule has 0 aromatic carbocycles. The van der Waals surface area contributed by atoms with Crippen LogP contribution in [0.2, 0.25) is 0 Å². The first-order chi connectivity index (χ1) is 9.08. The molecule has 3 amide bonds. The number of hydrogen-bond acceptors (Lipinski definition) is 3. The molecular formula is C13H21N3O3. The van der Waals surface area contributed by atoms with Gasteiger partial charge in [-0.3, -0.25) is 14.4 Å². The third-order valence-corrected chi connectivity index (χ3v) is 4.04. The van der Waals surface area contributed by atoms with Crippen molar-refractivity contribution in [3.05, 3.63) is 0 Å². The molecule has 0 aromatic heterocycles. The fraction of sp³-hybridized carbons (Fsp3) is 0.769. The van der Waals surface area contributed by atoms with Crippen LogP contribution in [-0.2, 0) is 14.4 Å². The van der Waals surface area contributed by atoms with Crippen molar-refractivity contribution in [3.63, 3.8) is 0 Å². The quantitative estimate of drug-likeness (QED) is 0.658. The van der Waals surface area contributed by atoms with E-state index in [1.807, 2.05) is 0 Å². The van der Waals surface area contributed by atoms with Crippen molar-refractivity contribution in [2.45, 2.75) is 57.0 Å². The first-order valence-corrected chi connectivity index (χ1v) is 6.97. The van der Waals surface area contributed by atoms with E-state index in [1.54, 1.807) is 0 Å². The van der Waals surface area contributed by atoms with Gasteiger partial charge in [-0.25, -0.2) is 0 Å². The third kappa shape index (κ3) is 3.45. The molecule has 2 fully saturated rings. The lowest BCUT2D eigenvalue weighted by atomic mass is 9.83. The highest BCUT2D eigenvalue weighted by molar-refractivity contribution is 5.93. The summed E-state index contributed by atoms with van der Waals surface area (Å²) in [7, 11) is 0. The van der Waals surface area contributed by atoms with Gasteiger partial charge in [0, 0.05) is 6.42 Å². The van der Waals surface area contributed by atoms with Crippen molar-refractivity contribution in [2.75, 3.05) is 0 Å². The van der Waals surface area contributed by atoms with E-state index in [4.69, 9.17) is 5.73 Å². The number of carbonyl (C=O) groups excluding carboxylic acids is 3. The molecule has 2 atom stereocenters. The molecular weight excluding hydrogens is 246 g/mol. The zero-order chi connectivity index (χ0) is 13.8. The summed E-state index contributed by atoms with van der Waals surface area (Å²) in [5.41, 5.74) is 5.40. The SMILES string of the molecule is NC(=O)[C@@H](NC(=O)[C@H]1CCC(=O)N1)C1CCCCC1. The largest absolute Gasteiger partial charge is 0.368 e. The highest BCUT2D eigenvalue weighted by Crippen LogP contribution is 2.26. The van der Waals surface area contributed by atoms with E-state index >= 15 is 0 Å². The van der Waals surface area contributed by atoms with Crippen LogP contribution in [-0.4, -0.2) is 29.8 Å². The average molecular weight is 267 g/mol. The van der Waals surface area contributed by atoms with Crippen LogP contribution < -0.4 is 16.4 Å². The van der Waals surface area contributed by atoms with E-state index in [2.05, 4.69) is 10.6 Å². The zero-order valence-corrected chi connectivity index (χ0v) is 11.0. The van der Waals surface area contributed by atoms with Crippen LogP contribution in [0.1, 0.15) is 44.9 Å². The van der Waals surface area contributed by atoms with Crippen LogP contribution in [0.25, 0.3) is 0 Å². The maximum atomic E-state index is 12.0. The summed E-state index contributed by atoms with van der Waals surface area (Å²) in [6.07, 6.45) is 6.02. The van der Waals surface area contributed by atoms with Gasteiger partial charge in [-0.1, -0.05) is 19.3 Å². The standard InChI is InChI=1S/C13H21N3O3/c14-12(18)11(8-4-2-1-3-5-8)16-13(19)9-6-7-10(17)15-9/h8-9,11H,1-7H2,(H2,14,18)(H,15,17)(H,16,19)/t9-,11+/m1/s1. The maximum absolute atomic E-state index is 12.0. The second-order valence-electron chi connectivity index (χ2n) is 5.45. The fourth-order valence-corrected chi connectivity index (χ4v) is 2.95. The predicted octanol–water partition coefficient (Wildman–Crippen LogP) is -0.185. The molecule has 6 heteroatoms. The summed E-state index contributed by atoms with van der Waals surface area (Å²) in [4.78, 5) is 34.6. The van der Waals surface area contributed by atoms with E-state index in [0.29, 0.717) is 12.8 Å². The smallest absolute Gasteiger partial charge is 0.243 e. The van der Waals surface area contributed by atoms with Crippen molar-refractivity contribution in [3.8, 4) is 0 Å². The summed E-state index contributed by atoms with van der Waals surface area (Å²) in [6.45, 7) is 0. The van der Waals surface area contributed by atoms with E-state index in [-0.39, 0.29) is 17.7 Å². The van der Waals surface area contributed by atoms with E-state index in [9.17, 15) is 14.4 Å². The van der Waals surface area contributed by atoms with Crippen LogP contribution in [0, 0.1) is 5.92 Å². The molecule has 2 rings (SSSR count). The molecule has 0 aromatic rings. The number of amides is 3. The van der Waals surface area contributed by atoms with Crippen LogP contribution in [0.5, 0.6) is 0 Å². The zero-order valence-electron chi connectivity index (χ0n) is 11.0.